The summed E-state index contributed by atoms with van der Waals surface area (Å²) in [6.45, 7) is 1.84. The third-order valence-corrected chi connectivity index (χ3v) is 2.23. The van der Waals surface area contributed by atoms with E-state index in [-0.39, 0.29) is 11.7 Å². The first-order valence-corrected chi connectivity index (χ1v) is 4.54. The number of aryl methyl sites for hydroxylation is 1. The quantitative estimate of drug-likeness (QED) is 0.802. The fourth-order valence-corrected chi connectivity index (χ4v) is 1.46. The van der Waals surface area contributed by atoms with Crippen molar-refractivity contribution >= 4 is 17.3 Å². The Balaban J connectivity index is 2.38. The monoisotopic (exact) mass is 211 g/mol. The first kappa shape index (κ1) is 8.82. The Morgan fingerprint density at radius 1 is 1.57 bits per heavy atom. The van der Waals surface area contributed by atoms with Crippen molar-refractivity contribution < 1.29 is 14.4 Å². The lowest BCUT2D eigenvalue weighted by Crippen LogP contribution is -1.98. The number of aromatic carboxylic acids is 1. The highest BCUT2D eigenvalue weighted by Crippen LogP contribution is 2.19. The molecule has 0 amide bonds. The van der Waals surface area contributed by atoms with E-state index in [9.17, 15) is 4.79 Å². The van der Waals surface area contributed by atoms with E-state index in [0.29, 0.717) is 5.69 Å². The van der Waals surface area contributed by atoms with E-state index in [1.54, 1.807) is 5.38 Å². The number of carbonyl (C=O) groups is 1. The molecule has 0 aliphatic heterocycles. The molecule has 0 fully saturated rings. The van der Waals surface area contributed by atoms with Crippen molar-refractivity contribution in [2.75, 3.05) is 0 Å². The number of nitrogens with zero attached hydrogens (tertiary/aromatic N) is 3. The Bertz CT molecular complexity index is 476. The molecule has 2 aromatic heterocycles. The summed E-state index contributed by atoms with van der Waals surface area (Å²) >= 11 is 1.43. The predicted octanol–water partition coefficient (Wildman–Crippen LogP) is 1.20. The maximum absolute atomic E-state index is 10.4. The van der Waals surface area contributed by atoms with Gasteiger partial charge in [-0.05, 0) is 12.1 Å². The number of rotatable bonds is 2. The van der Waals surface area contributed by atoms with Crippen molar-refractivity contribution in [2.45, 2.75) is 6.92 Å². The van der Waals surface area contributed by atoms with Gasteiger partial charge >= 0.3 is 5.97 Å². The van der Waals surface area contributed by atoms with Gasteiger partial charge in [-0.3, -0.25) is 0 Å². The molecule has 0 saturated heterocycles. The molecule has 7 heteroatoms. The molecule has 1 N–H and O–H groups in total. The summed E-state index contributed by atoms with van der Waals surface area (Å²) in [5.74, 6) is -1.44. The van der Waals surface area contributed by atoms with Crippen LogP contribution < -0.4 is 0 Å². The van der Waals surface area contributed by atoms with Crippen LogP contribution >= 0.6 is 11.3 Å². The van der Waals surface area contributed by atoms with Gasteiger partial charge in [-0.25, -0.2) is 9.78 Å². The third-order valence-electron chi connectivity index (χ3n) is 1.46. The summed E-state index contributed by atoms with van der Waals surface area (Å²) in [5, 5.41) is 14.4. The largest absolute Gasteiger partial charge is 0.475 e. The number of thiazole rings is 1. The van der Waals surface area contributed by atoms with E-state index in [2.05, 4.69) is 15.1 Å². The van der Waals surface area contributed by atoms with Crippen molar-refractivity contribution in [1.82, 2.24) is 15.1 Å². The molecule has 0 aliphatic rings. The molecule has 0 unspecified atom stereocenters. The van der Waals surface area contributed by atoms with Gasteiger partial charge in [0.15, 0.2) is 0 Å². The van der Waals surface area contributed by atoms with Crippen molar-refractivity contribution in [3.63, 3.8) is 0 Å². The maximum atomic E-state index is 10.4. The van der Waals surface area contributed by atoms with Crippen molar-refractivity contribution in [3.05, 3.63) is 16.2 Å². The molecular weight excluding hydrogens is 206 g/mol. The molecule has 72 valence electrons. The van der Waals surface area contributed by atoms with Crippen LogP contribution in [0.3, 0.4) is 0 Å². The van der Waals surface area contributed by atoms with Crippen LogP contribution in [0.4, 0.5) is 0 Å². The summed E-state index contributed by atoms with van der Waals surface area (Å²) in [6.07, 6.45) is 0. The molecule has 0 bridgehead atoms. The molecular formula is C7H5N3O3S. The number of aromatic nitrogens is 3. The number of hydrogen-bond acceptors (Lipinski definition) is 6. The topological polar surface area (TPSA) is 89.1 Å². The van der Waals surface area contributed by atoms with Crippen molar-refractivity contribution in [1.29, 1.82) is 0 Å². The lowest BCUT2D eigenvalue weighted by molar-refractivity contribution is 0.0680. The van der Waals surface area contributed by atoms with Gasteiger partial charge in [0.2, 0.25) is 0 Å². The summed E-state index contributed by atoms with van der Waals surface area (Å²) in [6, 6.07) is 0. The van der Waals surface area contributed by atoms with Crippen LogP contribution in [0.25, 0.3) is 11.6 Å². The van der Waals surface area contributed by atoms with Gasteiger partial charge in [0.25, 0.3) is 11.7 Å². The van der Waals surface area contributed by atoms with Gasteiger partial charge in [-0.2, -0.15) is 4.98 Å². The number of carboxylic acid groups (broad SMARTS) is 1. The van der Waals surface area contributed by atoms with Crippen LogP contribution in [-0.4, -0.2) is 26.2 Å². The van der Waals surface area contributed by atoms with Gasteiger partial charge in [0, 0.05) is 5.38 Å². The third kappa shape index (κ3) is 1.49. The van der Waals surface area contributed by atoms with Crippen LogP contribution in [0, 0.1) is 6.92 Å². The lowest BCUT2D eigenvalue weighted by atomic mass is 10.5. The van der Waals surface area contributed by atoms with E-state index in [1.165, 1.54) is 11.3 Å². The standard InChI is InChI=1S/C7H5N3O3S/c1-3-8-4(2-14-3)6-9-5(7(11)12)10-13-6/h2H,1H3,(H,11,12). The van der Waals surface area contributed by atoms with Gasteiger partial charge < -0.3 is 9.63 Å². The molecule has 0 aromatic carbocycles. The molecule has 0 aliphatic carbocycles. The highest BCUT2D eigenvalue weighted by molar-refractivity contribution is 7.09. The van der Waals surface area contributed by atoms with E-state index in [1.807, 2.05) is 6.92 Å². The van der Waals surface area contributed by atoms with E-state index in [0.717, 1.165) is 5.01 Å². The number of hydrogen-bond donors (Lipinski definition) is 1. The summed E-state index contributed by atoms with van der Waals surface area (Å²) in [7, 11) is 0. The summed E-state index contributed by atoms with van der Waals surface area (Å²) in [5.41, 5.74) is 0.507. The molecule has 2 aromatic rings. The molecule has 6 nitrogen and oxygen atoms in total. The maximum Gasteiger partial charge on any atom is 0.377 e. The van der Waals surface area contributed by atoms with Crippen molar-refractivity contribution in [3.8, 4) is 11.6 Å². The van der Waals surface area contributed by atoms with Crippen LogP contribution in [0.2, 0.25) is 0 Å². The second-order valence-corrected chi connectivity index (χ2v) is 3.54. The average molecular weight is 211 g/mol. The average Bonchev–Trinajstić information content (AvgIpc) is 2.70. The smallest absolute Gasteiger partial charge is 0.377 e. The van der Waals surface area contributed by atoms with Crippen LogP contribution in [0.5, 0.6) is 0 Å². The minimum Gasteiger partial charge on any atom is -0.475 e. The first-order chi connectivity index (χ1) is 6.66. The highest BCUT2D eigenvalue weighted by atomic mass is 32.1. The second-order valence-electron chi connectivity index (χ2n) is 2.48. The summed E-state index contributed by atoms with van der Waals surface area (Å²) in [4.78, 5) is 18.2. The predicted molar refractivity (Wildman–Crippen MR) is 47.1 cm³/mol. The Hall–Kier alpha value is -1.76. The van der Waals surface area contributed by atoms with Gasteiger partial charge in [0.05, 0.1) is 5.01 Å². The van der Waals surface area contributed by atoms with Crippen LogP contribution in [0.1, 0.15) is 15.6 Å². The van der Waals surface area contributed by atoms with Gasteiger partial charge in [-0.1, -0.05) is 0 Å². The van der Waals surface area contributed by atoms with Gasteiger partial charge in [0.1, 0.15) is 5.69 Å². The minimum atomic E-state index is -1.22. The molecule has 2 rings (SSSR count). The zero-order valence-corrected chi connectivity index (χ0v) is 7.91. The first-order valence-electron chi connectivity index (χ1n) is 3.66. The van der Waals surface area contributed by atoms with Crippen LogP contribution in [-0.2, 0) is 0 Å². The minimum absolute atomic E-state index is 0.131. The second kappa shape index (κ2) is 3.18. The Kier molecular flexibility index (Phi) is 2.01. The normalized spacial score (nSPS) is 10.4. The van der Waals surface area contributed by atoms with Gasteiger partial charge in [-0.15, -0.1) is 11.3 Å². The number of carboxylic acids is 1. The Labute approximate surface area is 82.2 Å². The molecule has 0 spiro atoms. The zero-order valence-electron chi connectivity index (χ0n) is 7.09. The Morgan fingerprint density at radius 2 is 2.36 bits per heavy atom. The summed E-state index contributed by atoms with van der Waals surface area (Å²) < 4.78 is 4.73. The zero-order chi connectivity index (χ0) is 10.1. The Morgan fingerprint density at radius 3 is 2.86 bits per heavy atom. The molecule has 14 heavy (non-hydrogen) atoms. The molecule has 2 heterocycles. The molecule has 0 atom stereocenters. The lowest BCUT2D eigenvalue weighted by Gasteiger charge is -1.81. The molecule has 0 radical (unpaired) electrons. The fraction of sp³-hybridized carbons (Fsp3) is 0.143. The van der Waals surface area contributed by atoms with Crippen molar-refractivity contribution in [2.24, 2.45) is 0 Å². The van der Waals surface area contributed by atoms with Crippen LogP contribution in [0.15, 0.2) is 9.90 Å². The van der Waals surface area contributed by atoms with E-state index in [4.69, 9.17) is 9.63 Å². The SMILES string of the molecule is Cc1nc(-c2nc(C(=O)O)no2)cs1. The fourth-order valence-electron chi connectivity index (χ4n) is 0.876. The van der Waals surface area contributed by atoms with E-state index < -0.39 is 5.97 Å². The molecule has 0 saturated carbocycles. The van der Waals surface area contributed by atoms with E-state index >= 15 is 0 Å². The highest BCUT2D eigenvalue weighted by Gasteiger charge is 2.15.